The molecule has 0 spiro atoms. The van der Waals surface area contributed by atoms with Gasteiger partial charge in [-0.25, -0.2) is 0 Å². The number of rotatable bonds is 8. The van der Waals surface area contributed by atoms with E-state index in [1.807, 2.05) is 6.20 Å². The molecule has 1 atom stereocenters. The summed E-state index contributed by atoms with van der Waals surface area (Å²) in [6.45, 7) is 5.48. The molecule has 0 aliphatic carbocycles. The Hall–Kier alpha value is -0.830. The van der Waals surface area contributed by atoms with Crippen LogP contribution in [-0.2, 0) is 13.0 Å². The second-order valence-corrected chi connectivity index (χ2v) is 4.36. The maximum Gasteiger partial charge on any atom is 0.0492 e. The average molecular weight is 223 g/mol. The molecule has 0 bridgehead atoms. The van der Waals surface area contributed by atoms with Crippen molar-refractivity contribution in [1.29, 1.82) is 0 Å². The Kier molecular flexibility index (Phi) is 6.16. The fourth-order valence-electron chi connectivity index (χ4n) is 2.09. The van der Waals surface area contributed by atoms with Crippen molar-refractivity contribution >= 4 is 0 Å². The first-order valence-corrected chi connectivity index (χ1v) is 6.49. The zero-order chi connectivity index (χ0) is 11.8. The lowest BCUT2D eigenvalue weighted by atomic mass is 10.1. The van der Waals surface area contributed by atoms with Crippen LogP contribution in [-0.4, -0.2) is 22.9 Å². The third-order valence-electron chi connectivity index (χ3n) is 3.03. The summed E-state index contributed by atoms with van der Waals surface area (Å²) in [6, 6.07) is 2.80. The number of nitrogens with one attached hydrogen (secondary N) is 1. The topological polar surface area (TPSA) is 29.9 Å². The van der Waals surface area contributed by atoms with Crippen molar-refractivity contribution in [3.63, 3.8) is 0 Å². The molecule has 0 aromatic carbocycles. The molecule has 3 heteroatoms. The Balaban J connectivity index is 2.43. The molecule has 1 aromatic rings. The lowest BCUT2D eigenvalue weighted by Crippen LogP contribution is -2.25. The molecular formula is C13H25N3. The van der Waals surface area contributed by atoms with Crippen LogP contribution in [0.25, 0.3) is 0 Å². The van der Waals surface area contributed by atoms with Gasteiger partial charge in [0.25, 0.3) is 0 Å². The maximum atomic E-state index is 4.35. The van der Waals surface area contributed by atoms with Crippen molar-refractivity contribution < 1.29 is 0 Å². The molecule has 3 nitrogen and oxygen atoms in total. The predicted octanol–water partition coefficient (Wildman–Crippen LogP) is 2.61. The van der Waals surface area contributed by atoms with E-state index in [1.165, 1.54) is 25.0 Å². The monoisotopic (exact) mass is 223 g/mol. The van der Waals surface area contributed by atoms with E-state index < -0.39 is 0 Å². The van der Waals surface area contributed by atoms with Crippen molar-refractivity contribution in [3.8, 4) is 0 Å². The Labute approximate surface area is 99.2 Å². The normalized spacial score (nSPS) is 12.9. The van der Waals surface area contributed by atoms with Crippen LogP contribution in [0.3, 0.4) is 0 Å². The van der Waals surface area contributed by atoms with Gasteiger partial charge in [-0.05, 0) is 38.8 Å². The minimum atomic E-state index is 0.648. The molecule has 0 fully saturated rings. The van der Waals surface area contributed by atoms with Crippen LogP contribution in [0.15, 0.2) is 12.3 Å². The second-order valence-electron chi connectivity index (χ2n) is 4.36. The largest absolute Gasteiger partial charge is 0.317 e. The van der Waals surface area contributed by atoms with Crippen molar-refractivity contribution in [2.24, 2.45) is 0 Å². The molecule has 1 heterocycles. The van der Waals surface area contributed by atoms with E-state index in [-0.39, 0.29) is 0 Å². The van der Waals surface area contributed by atoms with Crippen molar-refractivity contribution in [1.82, 2.24) is 15.1 Å². The quantitative estimate of drug-likeness (QED) is 0.734. The van der Waals surface area contributed by atoms with Gasteiger partial charge in [0.15, 0.2) is 0 Å². The first kappa shape index (κ1) is 13.2. The molecule has 0 aliphatic rings. The van der Waals surface area contributed by atoms with E-state index in [0.717, 1.165) is 19.4 Å². The van der Waals surface area contributed by atoms with Gasteiger partial charge in [0, 0.05) is 24.5 Å². The fourth-order valence-corrected chi connectivity index (χ4v) is 2.09. The van der Waals surface area contributed by atoms with Gasteiger partial charge < -0.3 is 5.32 Å². The number of nitrogens with zero attached hydrogens (tertiary/aromatic N) is 2. The molecule has 92 valence electrons. The second kappa shape index (κ2) is 7.44. The van der Waals surface area contributed by atoms with Crippen molar-refractivity contribution in [2.75, 3.05) is 7.05 Å². The van der Waals surface area contributed by atoms with Crippen LogP contribution in [0.1, 0.15) is 45.2 Å². The lowest BCUT2D eigenvalue weighted by molar-refractivity contribution is 0.470. The van der Waals surface area contributed by atoms with E-state index in [4.69, 9.17) is 0 Å². The zero-order valence-corrected chi connectivity index (χ0v) is 10.9. The molecule has 16 heavy (non-hydrogen) atoms. The van der Waals surface area contributed by atoms with Crippen molar-refractivity contribution in [2.45, 2.75) is 58.5 Å². The standard InChI is InChI=1S/C13H25N3/c1-4-6-12(14-3)7-8-13-9-10-15-16(13)11-5-2/h9-10,12,14H,4-8,11H2,1-3H3. The summed E-state index contributed by atoms with van der Waals surface area (Å²) in [5.41, 5.74) is 1.37. The summed E-state index contributed by atoms with van der Waals surface area (Å²) < 4.78 is 2.14. The van der Waals surface area contributed by atoms with Crippen LogP contribution in [0.4, 0.5) is 0 Å². The molecule has 0 amide bonds. The number of hydrogen-bond acceptors (Lipinski definition) is 2. The minimum absolute atomic E-state index is 0.648. The smallest absolute Gasteiger partial charge is 0.0492 e. The van der Waals surface area contributed by atoms with Gasteiger partial charge in [0.2, 0.25) is 0 Å². The van der Waals surface area contributed by atoms with E-state index in [2.05, 4.69) is 42.1 Å². The third-order valence-corrected chi connectivity index (χ3v) is 3.03. The maximum absolute atomic E-state index is 4.35. The SMILES string of the molecule is CCCC(CCc1ccnn1CCC)NC. The highest BCUT2D eigenvalue weighted by molar-refractivity contribution is 5.01. The van der Waals surface area contributed by atoms with Gasteiger partial charge in [-0.1, -0.05) is 20.3 Å². The van der Waals surface area contributed by atoms with Gasteiger partial charge in [-0.3, -0.25) is 4.68 Å². The van der Waals surface area contributed by atoms with E-state index in [0.29, 0.717) is 6.04 Å². The van der Waals surface area contributed by atoms with Gasteiger partial charge in [-0.15, -0.1) is 0 Å². The number of hydrogen-bond donors (Lipinski definition) is 1. The molecule has 1 N–H and O–H groups in total. The van der Waals surface area contributed by atoms with Crippen LogP contribution in [0.2, 0.25) is 0 Å². The molecular weight excluding hydrogens is 198 g/mol. The first-order valence-electron chi connectivity index (χ1n) is 6.49. The Morgan fingerprint density at radius 1 is 1.31 bits per heavy atom. The van der Waals surface area contributed by atoms with Gasteiger partial charge in [-0.2, -0.15) is 5.10 Å². The molecule has 0 saturated heterocycles. The highest BCUT2D eigenvalue weighted by atomic mass is 15.3. The Bertz CT molecular complexity index is 280. The molecule has 0 radical (unpaired) electrons. The molecule has 1 unspecified atom stereocenters. The predicted molar refractivity (Wildman–Crippen MR) is 68.6 cm³/mol. The van der Waals surface area contributed by atoms with Crippen LogP contribution < -0.4 is 5.32 Å². The van der Waals surface area contributed by atoms with Crippen LogP contribution in [0.5, 0.6) is 0 Å². The van der Waals surface area contributed by atoms with Gasteiger partial charge >= 0.3 is 0 Å². The fraction of sp³-hybridized carbons (Fsp3) is 0.769. The molecule has 0 aliphatic heterocycles. The lowest BCUT2D eigenvalue weighted by Gasteiger charge is -2.15. The van der Waals surface area contributed by atoms with Crippen molar-refractivity contribution in [3.05, 3.63) is 18.0 Å². The molecule has 0 saturated carbocycles. The van der Waals surface area contributed by atoms with E-state index >= 15 is 0 Å². The van der Waals surface area contributed by atoms with Gasteiger partial charge in [0.1, 0.15) is 0 Å². The highest BCUT2D eigenvalue weighted by Crippen LogP contribution is 2.09. The highest BCUT2D eigenvalue weighted by Gasteiger charge is 2.07. The number of aromatic nitrogens is 2. The Morgan fingerprint density at radius 2 is 2.12 bits per heavy atom. The number of aryl methyl sites for hydroxylation is 2. The van der Waals surface area contributed by atoms with E-state index in [1.54, 1.807) is 0 Å². The Morgan fingerprint density at radius 3 is 2.75 bits per heavy atom. The summed E-state index contributed by atoms with van der Waals surface area (Å²) in [6.07, 6.45) is 7.92. The third kappa shape index (κ3) is 3.97. The van der Waals surface area contributed by atoms with Crippen LogP contribution in [0, 0.1) is 0 Å². The van der Waals surface area contributed by atoms with Gasteiger partial charge in [0.05, 0.1) is 0 Å². The first-order chi connectivity index (χ1) is 7.81. The van der Waals surface area contributed by atoms with Crippen LogP contribution >= 0.6 is 0 Å². The minimum Gasteiger partial charge on any atom is -0.317 e. The summed E-state index contributed by atoms with van der Waals surface area (Å²) in [7, 11) is 2.06. The zero-order valence-electron chi connectivity index (χ0n) is 10.9. The van der Waals surface area contributed by atoms with E-state index in [9.17, 15) is 0 Å². The molecule has 1 rings (SSSR count). The molecule has 1 aromatic heterocycles. The summed E-state index contributed by atoms with van der Waals surface area (Å²) >= 11 is 0. The summed E-state index contributed by atoms with van der Waals surface area (Å²) in [5, 5.41) is 7.74. The summed E-state index contributed by atoms with van der Waals surface area (Å²) in [4.78, 5) is 0. The average Bonchev–Trinajstić information content (AvgIpc) is 2.72. The summed E-state index contributed by atoms with van der Waals surface area (Å²) in [5.74, 6) is 0.